The Hall–Kier alpha value is -1.70. The monoisotopic (exact) mass is 440 g/mol. The van der Waals surface area contributed by atoms with Crippen molar-refractivity contribution in [3.8, 4) is 0 Å². The Morgan fingerprint density at radius 1 is 1.14 bits per heavy atom. The minimum Gasteiger partial charge on any atom is -0.354 e. The Bertz CT molecular complexity index is 887. The molecule has 0 unspecified atom stereocenters. The van der Waals surface area contributed by atoms with Crippen molar-refractivity contribution in [3.05, 3.63) is 64.7 Å². The molecule has 1 amide bonds. The predicted molar refractivity (Wildman–Crippen MR) is 119 cm³/mol. The van der Waals surface area contributed by atoms with Gasteiger partial charge in [0.15, 0.2) is 0 Å². The molecule has 0 fully saturated rings. The fraction of sp³-hybridized carbons (Fsp3) is 0.350. The first-order chi connectivity index (χ1) is 13.3. The van der Waals surface area contributed by atoms with E-state index in [1.807, 2.05) is 23.9 Å². The lowest BCUT2D eigenvalue weighted by atomic mass is 10.1. The van der Waals surface area contributed by atoms with Gasteiger partial charge in [-0.25, -0.2) is 8.42 Å². The number of sulfonamides is 1. The number of nitrogens with zero attached hydrogens (tertiary/aromatic N) is 1. The number of thioether (sulfide) groups is 1. The van der Waals surface area contributed by atoms with Crippen LogP contribution in [0.3, 0.4) is 0 Å². The van der Waals surface area contributed by atoms with E-state index < -0.39 is 10.0 Å². The van der Waals surface area contributed by atoms with E-state index in [2.05, 4.69) is 24.4 Å². The summed E-state index contributed by atoms with van der Waals surface area (Å²) in [5.74, 6) is 1.53. The molecule has 2 rings (SSSR count). The van der Waals surface area contributed by atoms with E-state index in [-0.39, 0.29) is 12.5 Å². The van der Waals surface area contributed by atoms with Crippen molar-refractivity contribution in [2.45, 2.75) is 19.1 Å². The number of anilines is 1. The van der Waals surface area contributed by atoms with E-state index in [0.29, 0.717) is 17.3 Å². The summed E-state index contributed by atoms with van der Waals surface area (Å²) in [6.45, 7) is 2.36. The smallest absolute Gasteiger partial charge is 0.240 e. The quantitative estimate of drug-likeness (QED) is 0.570. The Labute approximate surface area is 176 Å². The van der Waals surface area contributed by atoms with Crippen LogP contribution in [-0.2, 0) is 20.6 Å². The third-order valence-electron chi connectivity index (χ3n) is 4.11. The summed E-state index contributed by atoms with van der Waals surface area (Å²) in [5, 5.41) is 3.30. The van der Waals surface area contributed by atoms with Gasteiger partial charge in [-0.15, -0.1) is 0 Å². The van der Waals surface area contributed by atoms with Crippen molar-refractivity contribution in [3.63, 3.8) is 0 Å². The highest BCUT2D eigenvalue weighted by atomic mass is 35.5. The van der Waals surface area contributed by atoms with Gasteiger partial charge in [0.2, 0.25) is 15.9 Å². The van der Waals surface area contributed by atoms with E-state index in [9.17, 15) is 13.2 Å². The number of carbonyl (C=O) groups excluding carboxylic acids is 1. The number of rotatable bonds is 10. The summed E-state index contributed by atoms with van der Waals surface area (Å²) in [4.78, 5) is 12.2. The molecule has 0 spiro atoms. The molecule has 0 bridgehead atoms. The van der Waals surface area contributed by atoms with Crippen LogP contribution in [0, 0.1) is 6.92 Å². The van der Waals surface area contributed by atoms with Gasteiger partial charge < -0.3 is 5.32 Å². The molecule has 8 heteroatoms. The summed E-state index contributed by atoms with van der Waals surface area (Å²) in [7, 11) is -3.57. The van der Waals surface area contributed by atoms with Crippen LogP contribution in [0.15, 0.2) is 48.5 Å². The second-order valence-corrected chi connectivity index (χ2v) is 9.88. The number of aryl methyl sites for hydroxylation is 1. The average molecular weight is 441 g/mol. The average Bonchev–Trinajstić information content (AvgIpc) is 2.64. The normalized spacial score (nSPS) is 11.2. The zero-order valence-electron chi connectivity index (χ0n) is 16.0. The third kappa shape index (κ3) is 7.37. The highest BCUT2D eigenvalue weighted by molar-refractivity contribution is 7.98. The first-order valence-corrected chi connectivity index (χ1v) is 12.3. The molecule has 0 aromatic heterocycles. The van der Waals surface area contributed by atoms with Gasteiger partial charge in [0.25, 0.3) is 0 Å². The Morgan fingerprint density at radius 3 is 2.46 bits per heavy atom. The molecule has 1 N–H and O–H groups in total. The maximum absolute atomic E-state index is 12.2. The molecule has 0 aliphatic rings. The lowest BCUT2D eigenvalue weighted by Crippen LogP contribution is -2.40. The molecule has 5 nitrogen and oxygen atoms in total. The molecular formula is C20H25ClN2O3S2. The Kier molecular flexibility index (Phi) is 8.66. The molecule has 152 valence electrons. The second kappa shape index (κ2) is 10.7. The number of halogens is 1. The van der Waals surface area contributed by atoms with Crippen LogP contribution in [0.4, 0.5) is 5.69 Å². The standard InChI is InChI=1S/C20H25ClN2O3S2/c1-16-6-3-4-7-17(16)15-27-13-5-12-22-20(24)14-23(28(2,25)26)19-10-8-18(21)9-11-19/h3-4,6-11H,5,12-15H2,1-2H3,(H,22,24). The zero-order chi connectivity index (χ0) is 20.6. The topological polar surface area (TPSA) is 66.5 Å². The molecular weight excluding hydrogens is 416 g/mol. The van der Waals surface area contributed by atoms with E-state index >= 15 is 0 Å². The summed E-state index contributed by atoms with van der Waals surface area (Å²) >= 11 is 7.66. The number of nitrogens with one attached hydrogen (secondary N) is 1. The second-order valence-electron chi connectivity index (χ2n) is 6.43. The molecule has 0 aliphatic carbocycles. The highest BCUT2D eigenvalue weighted by Crippen LogP contribution is 2.20. The molecule has 28 heavy (non-hydrogen) atoms. The van der Waals surface area contributed by atoms with Crippen molar-refractivity contribution in [2.75, 3.05) is 29.4 Å². The highest BCUT2D eigenvalue weighted by Gasteiger charge is 2.20. The van der Waals surface area contributed by atoms with Gasteiger partial charge in [0.1, 0.15) is 6.54 Å². The Balaban J connectivity index is 1.75. The van der Waals surface area contributed by atoms with Gasteiger partial charge in [-0.3, -0.25) is 9.10 Å². The fourth-order valence-electron chi connectivity index (χ4n) is 2.55. The first kappa shape index (κ1) is 22.6. The Morgan fingerprint density at radius 2 is 1.82 bits per heavy atom. The number of hydrogen-bond donors (Lipinski definition) is 1. The van der Waals surface area contributed by atoms with Gasteiger partial charge in [-0.2, -0.15) is 11.8 Å². The van der Waals surface area contributed by atoms with Gasteiger partial charge in [0, 0.05) is 17.3 Å². The van der Waals surface area contributed by atoms with Crippen LogP contribution in [0.1, 0.15) is 17.5 Å². The number of hydrogen-bond acceptors (Lipinski definition) is 4. The molecule has 2 aromatic carbocycles. The van der Waals surface area contributed by atoms with E-state index in [0.717, 1.165) is 28.5 Å². The van der Waals surface area contributed by atoms with E-state index in [4.69, 9.17) is 11.6 Å². The molecule has 0 atom stereocenters. The molecule has 0 aliphatic heterocycles. The van der Waals surface area contributed by atoms with Crippen LogP contribution in [0.2, 0.25) is 5.02 Å². The number of amides is 1. The molecule has 0 saturated heterocycles. The summed E-state index contributed by atoms with van der Waals surface area (Å²) < 4.78 is 25.2. The van der Waals surface area contributed by atoms with Crippen LogP contribution < -0.4 is 9.62 Å². The number of carbonyl (C=O) groups is 1. The lowest BCUT2D eigenvalue weighted by molar-refractivity contribution is -0.119. The van der Waals surface area contributed by atoms with E-state index in [1.165, 1.54) is 11.1 Å². The minimum absolute atomic E-state index is 0.253. The maximum atomic E-state index is 12.2. The fourth-order valence-corrected chi connectivity index (χ4v) is 4.57. The summed E-state index contributed by atoms with van der Waals surface area (Å²) in [5.41, 5.74) is 3.02. The van der Waals surface area contributed by atoms with Gasteiger partial charge in [-0.1, -0.05) is 35.9 Å². The van der Waals surface area contributed by atoms with Crippen molar-refractivity contribution in [1.29, 1.82) is 0 Å². The molecule has 0 radical (unpaired) electrons. The van der Waals surface area contributed by atoms with Gasteiger partial charge in [-0.05, 0) is 54.5 Å². The van der Waals surface area contributed by atoms with Gasteiger partial charge in [0.05, 0.1) is 11.9 Å². The summed E-state index contributed by atoms with van der Waals surface area (Å²) in [6.07, 6.45) is 1.90. The third-order valence-corrected chi connectivity index (χ3v) is 6.59. The molecule has 2 aromatic rings. The van der Waals surface area contributed by atoms with Crippen LogP contribution in [0.5, 0.6) is 0 Å². The predicted octanol–water partition coefficient (Wildman–Crippen LogP) is 3.85. The van der Waals surface area contributed by atoms with Crippen LogP contribution in [0.25, 0.3) is 0 Å². The zero-order valence-corrected chi connectivity index (χ0v) is 18.4. The van der Waals surface area contributed by atoms with Crippen LogP contribution in [-0.4, -0.2) is 39.4 Å². The first-order valence-electron chi connectivity index (χ1n) is 8.89. The largest absolute Gasteiger partial charge is 0.354 e. The van der Waals surface area contributed by atoms with Crippen molar-refractivity contribution >= 4 is 45.0 Å². The maximum Gasteiger partial charge on any atom is 0.240 e. The minimum atomic E-state index is -3.57. The SMILES string of the molecule is Cc1ccccc1CSCCCNC(=O)CN(c1ccc(Cl)cc1)S(C)(=O)=O. The van der Waals surface area contributed by atoms with Crippen molar-refractivity contribution in [2.24, 2.45) is 0 Å². The number of benzene rings is 2. The van der Waals surface area contributed by atoms with Crippen molar-refractivity contribution < 1.29 is 13.2 Å². The molecule has 0 saturated carbocycles. The summed E-state index contributed by atoms with van der Waals surface area (Å²) in [6, 6.07) is 14.7. The van der Waals surface area contributed by atoms with Crippen LogP contribution >= 0.6 is 23.4 Å². The lowest BCUT2D eigenvalue weighted by Gasteiger charge is -2.21. The van der Waals surface area contributed by atoms with Crippen molar-refractivity contribution in [1.82, 2.24) is 5.32 Å². The molecule has 0 heterocycles. The van der Waals surface area contributed by atoms with E-state index in [1.54, 1.807) is 24.3 Å². The van der Waals surface area contributed by atoms with Gasteiger partial charge >= 0.3 is 0 Å².